The summed E-state index contributed by atoms with van der Waals surface area (Å²) in [5.41, 5.74) is 1.60. The van der Waals surface area contributed by atoms with E-state index in [1.54, 1.807) is 37.2 Å². The molecule has 0 aliphatic rings. The predicted molar refractivity (Wildman–Crippen MR) is 38.9 cm³/mol. The average Bonchev–Trinajstić information content (AvgIpc) is 2.60. The summed E-state index contributed by atoms with van der Waals surface area (Å²) >= 11 is 0. The zero-order valence-corrected chi connectivity index (χ0v) is 5.73. The zero-order chi connectivity index (χ0) is 7.52. The lowest BCUT2D eigenvalue weighted by atomic mass is 10.4. The van der Waals surface area contributed by atoms with Crippen molar-refractivity contribution >= 4 is 11.4 Å². The minimum Gasteiger partial charge on any atom is -0.470 e. The Labute approximate surface area is 63.6 Å². The zero-order valence-electron chi connectivity index (χ0n) is 5.73. The van der Waals surface area contributed by atoms with Crippen molar-refractivity contribution in [3.8, 4) is 0 Å². The topological polar surface area (TPSA) is 40.4 Å². The first-order valence-corrected chi connectivity index (χ1v) is 3.21. The lowest BCUT2D eigenvalue weighted by Gasteiger charge is -1.90. The van der Waals surface area contributed by atoms with E-state index in [1.165, 1.54) is 0 Å². The molecule has 1 radical (unpaired) electrons. The van der Waals surface area contributed by atoms with Crippen LogP contribution in [0.1, 0.15) is 0 Å². The van der Waals surface area contributed by atoms with Gasteiger partial charge in [-0.3, -0.25) is 0 Å². The fourth-order valence-electron chi connectivity index (χ4n) is 0.791. The summed E-state index contributed by atoms with van der Waals surface area (Å²) in [4.78, 5) is 0. The summed E-state index contributed by atoms with van der Waals surface area (Å²) in [5, 5.41) is 4.17. The van der Waals surface area contributed by atoms with Gasteiger partial charge in [-0.25, -0.2) is 5.32 Å². The number of rotatable bonds is 2. The van der Waals surface area contributed by atoms with Crippen molar-refractivity contribution in [2.75, 3.05) is 0 Å². The normalized spacial score (nSPS) is 9.82. The Hall–Kier alpha value is -1.64. The lowest BCUT2D eigenvalue weighted by Crippen LogP contribution is -1.81. The Morgan fingerprint density at radius 3 is 1.82 bits per heavy atom. The summed E-state index contributed by atoms with van der Waals surface area (Å²) in [6.45, 7) is 0. The third-order valence-electron chi connectivity index (χ3n) is 1.27. The summed E-state index contributed by atoms with van der Waals surface area (Å²) < 4.78 is 9.68. The largest absolute Gasteiger partial charge is 0.470 e. The van der Waals surface area contributed by atoms with Gasteiger partial charge >= 0.3 is 0 Å². The molecule has 0 unspecified atom stereocenters. The first kappa shape index (κ1) is 6.09. The summed E-state index contributed by atoms with van der Waals surface area (Å²) in [5.74, 6) is 0. The van der Waals surface area contributed by atoms with Crippen LogP contribution in [0.25, 0.3) is 0 Å². The second kappa shape index (κ2) is 2.54. The molecule has 0 bridgehead atoms. The number of furan rings is 2. The van der Waals surface area contributed by atoms with Crippen molar-refractivity contribution < 1.29 is 8.83 Å². The highest BCUT2D eigenvalue weighted by atomic mass is 16.3. The molecule has 0 saturated heterocycles. The highest BCUT2D eigenvalue weighted by Gasteiger charge is 1.97. The van der Waals surface area contributed by atoms with Crippen LogP contribution in [0, 0.1) is 0 Å². The number of hydrogen-bond donors (Lipinski definition) is 0. The fourth-order valence-corrected chi connectivity index (χ4v) is 0.791. The maximum absolute atomic E-state index is 4.84. The molecular formula is C8H6NO2. The predicted octanol–water partition coefficient (Wildman–Crippen LogP) is 2.44. The van der Waals surface area contributed by atoms with E-state index in [1.807, 2.05) is 0 Å². The molecule has 2 aromatic heterocycles. The van der Waals surface area contributed by atoms with Gasteiger partial charge in [0.05, 0.1) is 12.5 Å². The Kier molecular flexibility index (Phi) is 1.41. The molecule has 55 valence electrons. The molecule has 0 spiro atoms. The van der Waals surface area contributed by atoms with Crippen LogP contribution in [0.3, 0.4) is 0 Å². The molecule has 2 aromatic rings. The minimum absolute atomic E-state index is 0.798. The van der Waals surface area contributed by atoms with Crippen molar-refractivity contribution in [2.24, 2.45) is 0 Å². The molecule has 11 heavy (non-hydrogen) atoms. The van der Waals surface area contributed by atoms with Crippen molar-refractivity contribution in [3.63, 3.8) is 0 Å². The maximum atomic E-state index is 4.84. The molecule has 3 heteroatoms. The summed E-state index contributed by atoms with van der Waals surface area (Å²) in [6.07, 6.45) is 6.32. The van der Waals surface area contributed by atoms with Crippen LogP contribution in [-0.4, -0.2) is 0 Å². The van der Waals surface area contributed by atoms with Crippen LogP contribution in [0.15, 0.2) is 46.0 Å². The van der Waals surface area contributed by atoms with Gasteiger partial charge in [-0.15, -0.1) is 0 Å². The van der Waals surface area contributed by atoms with E-state index < -0.39 is 0 Å². The van der Waals surface area contributed by atoms with Gasteiger partial charge in [0.2, 0.25) is 0 Å². The first-order valence-electron chi connectivity index (χ1n) is 3.21. The molecule has 3 nitrogen and oxygen atoms in total. The fraction of sp³-hybridized carbons (Fsp3) is 0. The monoisotopic (exact) mass is 148 g/mol. The Balaban J connectivity index is 2.14. The molecule has 2 rings (SSSR count). The van der Waals surface area contributed by atoms with E-state index in [4.69, 9.17) is 8.83 Å². The van der Waals surface area contributed by atoms with Gasteiger partial charge in [0.25, 0.3) is 0 Å². The van der Waals surface area contributed by atoms with Gasteiger partial charge < -0.3 is 8.83 Å². The highest BCUT2D eigenvalue weighted by Crippen LogP contribution is 2.16. The third-order valence-corrected chi connectivity index (χ3v) is 1.27. The SMILES string of the molecule is c1cc([N]c2ccoc2)co1. The van der Waals surface area contributed by atoms with Crippen LogP contribution < -0.4 is 5.32 Å². The Bertz CT molecular complexity index is 264. The molecular weight excluding hydrogens is 142 g/mol. The minimum atomic E-state index is 0.798. The quantitative estimate of drug-likeness (QED) is 0.656. The number of hydrogen-bond acceptors (Lipinski definition) is 2. The molecule has 2 heterocycles. The molecule has 0 saturated carbocycles. The number of nitrogens with zero attached hydrogens (tertiary/aromatic N) is 1. The van der Waals surface area contributed by atoms with E-state index in [9.17, 15) is 0 Å². The van der Waals surface area contributed by atoms with Gasteiger partial charge in [-0.1, -0.05) is 0 Å². The molecule has 0 aliphatic carbocycles. The van der Waals surface area contributed by atoms with Crippen molar-refractivity contribution in [1.29, 1.82) is 0 Å². The van der Waals surface area contributed by atoms with Crippen LogP contribution >= 0.6 is 0 Å². The van der Waals surface area contributed by atoms with Crippen molar-refractivity contribution in [2.45, 2.75) is 0 Å². The second-order valence-corrected chi connectivity index (χ2v) is 2.07. The second-order valence-electron chi connectivity index (χ2n) is 2.07. The standard InChI is InChI=1S/C8H6NO2/c1-3-10-5-7(1)9-8-2-4-11-6-8/h1-6H. The molecule has 0 N–H and O–H groups in total. The molecule has 0 amide bonds. The van der Waals surface area contributed by atoms with Crippen LogP contribution in [0.4, 0.5) is 11.4 Å². The van der Waals surface area contributed by atoms with Crippen molar-refractivity contribution in [3.05, 3.63) is 37.2 Å². The highest BCUT2D eigenvalue weighted by molar-refractivity contribution is 5.44. The lowest BCUT2D eigenvalue weighted by molar-refractivity contribution is 0.564. The van der Waals surface area contributed by atoms with E-state index in [-0.39, 0.29) is 0 Å². The maximum Gasteiger partial charge on any atom is 0.116 e. The molecule has 0 aromatic carbocycles. The van der Waals surface area contributed by atoms with Crippen LogP contribution in [-0.2, 0) is 0 Å². The van der Waals surface area contributed by atoms with Gasteiger partial charge in [-0.2, -0.15) is 0 Å². The molecule has 0 atom stereocenters. The Morgan fingerprint density at radius 1 is 0.909 bits per heavy atom. The van der Waals surface area contributed by atoms with E-state index >= 15 is 0 Å². The van der Waals surface area contributed by atoms with Gasteiger partial charge in [0, 0.05) is 12.1 Å². The van der Waals surface area contributed by atoms with E-state index in [2.05, 4.69) is 5.32 Å². The Morgan fingerprint density at radius 2 is 1.45 bits per heavy atom. The third kappa shape index (κ3) is 1.26. The summed E-state index contributed by atoms with van der Waals surface area (Å²) in [6, 6.07) is 3.57. The van der Waals surface area contributed by atoms with Crippen LogP contribution in [0.2, 0.25) is 0 Å². The van der Waals surface area contributed by atoms with E-state index in [0.717, 1.165) is 11.4 Å². The summed E-state index contributed by atoms with van der Waals surface area (Å²) in [7, 11) is 0. The smallest absolute Gasteiger partial charge is 0.116 e. The van der Waals surface area contributed by atoms with Gasteiger partial charge in [-0.05, 0) is 0 Å². The molecule has 0 aliphatic heterocycles. The molecule has 0 fully saturated rings. The van der Waals surface area contributed by atoms with Gasteiger partial charge in [0.1, 0.15) is 23.9 Å². The van der Waals surface area contributed by atoms with Gasteiger partial charge in [0.15, 0.2) is 0 Å². The van der Waals surface area contributed by atoms with Crippen LogP contribution in [0.5, 0.6) is 0 Å². The average molecular weight is 148 g/mol. The van der Waals surface area contributed by atoms with E-state index in [0.29, 0.717) is 0 Å². The first-order chi connectivity index (χ1) is 5.45. The van der Waals surface area contributed by atoms with Crippen molar-refractivity contribution in [1.82, 2.24) is 5.32 Å².